The molecule has 2 atom stereocenters. The first kappa shape index (κ1) is 20.9. The molecule has 1 saturated heterocycles. The van der Waals surface area contributed by atoms with Crippen LogP contribution in [-0.2, 0) is 14.3 Å². The van der Waals surface area contributed by atoms with Crippen LogP contribution < -0.4 is 5.32 Å². The molecule has 2 aliphatic rings. The van der Waals surface area contributed by atoms with Gasteiger partial charge in [-0.2, -0.15) is 0 Å². The average Bonchev–Trinajstić information content (AvgIpc) is 2.64. The molecule has 29 heavy (non-hydrogen) atoms. The predicted octanol–water partition coefficient (Wildman–Crippen LogP) is 2.01. The molecule has 1 aromatic carbocycles. The van der Waals surface area contributed by atoms with E-state index in [2.05, 4.69) is 5.32 Å². The molecule has 0 bridgehead atoms. The number of hydrogen-bond donors (Lipinski definition) is 2. The summed E-state index contributed by atoms with van der Waals surface area (Å²) in [6.45, 7) is 7.01. The number of nitrogens with one attached hydrogen (secondary N) is 1. The fourth-order valence-corrected chi connectivity index (χ4v) is 4.47. The summed E-state index contributed by atoms with van der Waals surface area (Å²) in [6.07, 6.45) is 0. The number of rotatable bonds is 4. The van der Waals surface area contributed by atoms with Crippen molar-refractivity contribution < 1.29 is 29.0 Å². The van der Waals surface area contributed by atoms with Gasteiger partial charge in [-0.25, -0.2) is 9.59 Å². The third-order valence-electron chi connectivity index (χ3n) is 4.44. The van der Waals surface area contributed by atoms with Crippen molar-refractivity contribution in [2.24, 2.45) is 0 Å². The van der Waals surface area contributed by atoms with Crippen molar-refractivity contribution in [1.82, 2.24) is 10.2 Å². The predicted molar refractivity (Wildman–Crippen MR) is 106 cm³/mol. The van der Waals surface area contributed by atoms with Crippen LogP contribution in [0.4, 0.5) is 0 Å². The number of β-lactam (4-membered cyclic amide) rings is 1. The van der Waals surface area contributed by atoms with Gasteiger partial charge in [0.1, 0.15) is 22.7 Å². The van der Waals surface area contributed by atoms with E-state index in [1.165, 1.54) is 34.9 Å². The van der Waals surface area contributed by atoms with Crippen LogP contribution in [0, 0.1) is 0 Å². The van der Waals surface area contributed by atoms with Crippen molar-refractivity contribution in [3.63, 3.8) is 0 Å². The number of carboxylic acid groups (broad SMARTS) is 1. The fraction of sp³-hybridized carbons (Fsp3) is 0.400. The van der Waals surface area contributed by atoms with E-state index in [1.807, 2.05) is 0 Å². The number of esters is 1. The maximum absolute atomic E-state index is 12.7. The van der Waals surface area contributed by atoms with Crippen molar-refractivity contribution in [2.45, 2.75) is 44.7 Å². The number of thioether (sulfide) groups is 1. The van der Waals surface area contributed by atoms with E-state index < -0.39 is 40.8 Å². The zero-order chi connectivity index (χ0) is 21.5. The number of aromatic carboxylic acids is 1. The Balaban J connectivity index is 1.78. The molecule has 8 nitrogen and oxygen atoms in total. The summed E-state index contributed by atoms with van der Waals surface area (Å²) < 4.78 is 5.42. The summed E-state index contributed by atoms with van der Waals surface area (Å²) in [7, 11) is 0. The van der Waals surface area contributed by atoms with Gasteiger partial charge in [0, 0.05) is 5.75 Å². The summed E-state index contributed by atoms with van der Waals surface area (Å²) in [5.74, 6) is -2.36. The minimum absolute atomic E-state index is 0.0221. The number of carboxylic acids is 1. The highest BCUT2D eigenvalue weighted by Gasteiger charge is 2.54. The summed E-state index contributed by atoms with van der Waals surface area (Å²) in [4.78, 5) is 50.6. The molecule has 2 heterocycles. The molecule has 1 unspecified atom stereocenters. The minimum atomic E-state index is -1.23. The van der Waals surface area contributed by atoms with Crippen molar-refractivity contribution in [3.8, 4) is 0 Å². The molecule has 1 aromatic rings. The first-order valence-corrected chi connectivity index (χ1v) is 10.1. The molecular weight excluding hydrogens is 396 g/mol. The van der Waals surface area contributed by atoms with Gasteiger partial charge in [0.15, 0.2) is 0 Å². The summed E-state index contributed by atoms with van der Waals surface area (Å²) >= 11 is 1.43. The molecule has 3 rings (SSSR count). The molecule has 154 valence electrons. The standard InChI is InChI=1S/C20H22N2O6S/c1-10-9-29-17-13(16(24)22(17)14(10)19(27)28-20(2,3)4)21-15(23)11-7-5-6-8-12(11)18(25)26/h5-8,13,17H,9H2,1-4H3,(H,21,23)(H,25,26)/t13?,17-/m0/s1. The Labute approximate surface area is 172 Å². The van der Waals surface area contributed by atoms with Crippen LogP contribution in [0.2, 0.25) is 0 Å². The third kappa shape index (κ3) is 4.00. The Bertz CT molecular complexity index is 933. The van der Waals surface area contributed by atoms with Gasteiger partial charge in [0.25, 0.3) is 11.8 Å². The van der Waals surface area contributed by atoms with Gasteiger partial charge in [-0.15, -0.1) is 11.8 Å². The van der Waals surface area contributed by atoms with Crippen molar-refractivity contribution >= 4 is 35.5 Å². The SMILES string of the molecule is CC1=C(C(=O)OC(C)(C)C)N2C(=O)C(NC(=O)c3ccccc3C(=O)O)[C@@H]2SC1. The first-order valence-electron chi connectivity index (χ1n) is 9.02. The zero-order valence-corrected chi connectivity index (χ0v) is 17.3. The topological polar surface area (TPSA) is 113 Å². The Hall–Kier alpha value is -2.81. The Morgan fingerprint density at radius 1 is 1.21 bits per heavy atom. The molecule has 0 radical (unpaired) electrons. The quantitative estimate of drug-likeness (QED) is 0.568. The highest BCUT2D eigenvalue weighted by Crippen LogP contribution is 2.41. The summed E-state index contributed by atoms with van der Waals surface area (Å²) in [5.41, 5.74) is 0.0770. The number of amides is 2. The van der Waals surface area contributed by atoms with Crippen LogP contribution >= 0.6 is 11.8 Å². The van der Waals surface area contributed by atoms with Gasteiger partial charge >= 0.3 is 11.9 Å². The van der Waals surface area contributed by atoms with E-state index in [0.717, 1.165) is 5.57 Å². The van der Waals surface area contributed by atoms with Crippen molar-refractivity contribution in [1.29, 1.82) is 0 Å². The van der Waals surface area contributed by atoms with Crippen LogP contribution in [-0.4, -0.2) is 56.5 Å². The number of fused-ring (bicyclic) bond motifs is 1. The van der Waals surface area contributed by atoms with E-state index in [0.29, 0.717) is 5.75 Å². The number of carbonyl (C=O) groups is 4. The molecule has 2 amide bonds. The smallest absolute Gasteiger partial charge is 0.355 e. The van der Waals surface area contributed by atoms with Crippen molar-refractivity contribution in [2.75, 3.05) is 5.75 Å². The van der Waals surface area contributed by atoms with Gasteiger partial charge in [0.05, 0.1) is 11.1 Å². The number of benzene rings is 1. The highest BCUT2D eigenvalue weighted by atomic mass is 32.2. The highest BCUT2D eigenvalue weighted by molar-refractivity contribution is 8.00. The lowest BCUT2D eigenvalue weighted by atomic mass is 10.0. The maximum atomic E-state index is 12.7. The fourth-order valence-electron chi connectivity index (χ4n) is 3.18. The van der Waals surface area contributed by atoms with E-state index in [-0.39, 0.29) is 16.8 Å². The lowest BCUT2D eigenvalue weighted by Crippen LogP contribution is -2.70. The Kier molecular flexibility index (Phi) is 5.44. The lowest BCUT2D eigenvalue weighted by Gasteiger charge is -2.49. The van der Waals surface area contributed by atoms with E-state index >= 15 is 0 Å². The summed E-state index contributed by atoms with van der Waals surface area (Å²) in [5, 5.41) is 11.4. The molecule has 0 aromatic heterocycles. The van der Waals surface area contributed by atoms with E-state index in [1.54, 1.807) is 33.8 Å². The second kappa shape index (κ2) is 7.55. The van der Waals surface area contributed by atoms with Gasteiger partial charge < -0.3 is 15.2 Å². The van der Waals surface area contributed by atoms with Gasteiger partial charge in [-0.3, -0.25) is 14.5 Å². The monoisotopic (exact) mass is 418 g/mol. The third-order valence-corrected chi connectivity index (χ3v) is 5.86. The molecule has 0 saturated carbocycles. The van der Waals surface area contributed by atoms with Crippen LogP contribution in [0.5, 0.6) is 0 Å². The van der Waals surface area contributed by atoms with Crippen molar-refractivity contribution in [3.05, 3.63) is 46.7 Å². The van der Waals surface area contributed by atoms with E-state index in [4.69, 9.17) is 4.74 Å². The molecule has 0 spiro atoms. The zero-order valence-electron chi connectivity index (χ0n) is 16.5. The van der Waals surface area contributed by atoms with Crippen LogP contribution in [0.25, 0.3) is 0 Å². The number of hydrogen-bond acceptors (Lipinski definition) is 6. The van der Waals surface area contributed by atoms with Crippen LogP contribution in [0.1, 0.15) is 48.4 Å². The number of carbonyl (C=O) groups excluding carboxylic acids is 3. The molecule has 2 N–H and O–H groups in total. The molecule has 9 heteroatoms. The molecule has 1 fully saturated rings. The molecule has 2 aliphatic heterocycles. The first-order chi connectivity index (χ1) is 13.5. The molecule has 0 aliphatic carbocycles. The average molecular weight is 418 g/mol. The minimum Gasteiger partial charge on any atom is -0.478 e. The van der Waals surface area contributed by atoms with Gasteiger partial charge in [-0.1, -0.05) is 12.1 Å². The van der Waals surface area contributed by atoms with Gasteiger partial charge in [-0.05, 0) is 45.4 Å². The number of ether oxygens (including phenoxy) is 1. The largest absolute Gasteiger partial charge is 0.478 e. The second-order valence-electron chi connectivity index (χ2n) is 7.84. The van der Waals surface area contributed by atoms with E-state index in [9.17, 15) is 24.3 Å². The summed E-state index contributed by atoms with van der Waals surface area (Å²) in [6, 6.07) is 4.95. The normalized spacial score (nSPS) is 21.2. The second-order valence-corrected chi connectivity index (χ2v) is 8.95. The Morgan fingerprint density at radius 2 is 1.83 bits per heavy atom. The lowest BCUT2D eigenvalue weighted by molar-refractivity contribution is -0.158. The van der Waals surface area contributed by atoms with Crippen LogP contribution in [0.3, 0.4) is 0 Å². The number of nitrogens with zero attached hydrogens (tertiary/aromatic N) is 1. The van der Waals surface area contributed by atoms with Gasteiger partial charge in [0.2, 0.25) is 0 Å². The molecular formula is C20H22N2O6S. The maximum Gasteiger partial charge on any atom is 0.355 e. The Morgan fingerprint density at radius 3 is 2.41 bits per heavy atom. The van der Waals surface area contributed by atoms with Crippen LogP contribution in [0.15, 0.2) is 35.5 Å².